The van der Waals surface area contributed by atoms with Crippen molar-refractivity contribution in [2.75, 3.05) is 13.1 Å². The number of nitrogens with zero attached hydrogens (tertiary/aromatic N) is 1. The van der Waals surface area contributed by atoms with Crippen molar-refractivity contribution in [3.05, 3.63) is 21.9 Å². The van der Waals surface area contributed by atoms with Gasteiger partial charge in [0.25, 0.3) is 0 Å². The summed E-state index contributed by atoms with van der Waals surface area (Å²) in [5, 5.41) is 3.46. The predicted octanol–water partition coefficient (Wildman–Crippen LogP) is 4.24. The minimum atomic E-state index is 0. The summed E-state index contributed by atoms with van der Waals surface area (Å²) in [5.74, 6) is 1.42. The summed E-state index contributed by atoms with van der Waals surface area (Å²) < 4.78 is 0. The number of thiophene rings is 1. The summed E-state index contributed by atoms with van der Waals surface area (Å²) in [6.07, 6.45) is 3.17. The van der Waals surface area contributed by atoms with Crippen LogP contribution in [-0.2, 0) is 11.3 Å². The van der Waals surface area contributed by atoms with E-state index in [4.69, 9.17) is 0 Å². The fourth-order valence-corrected chi connectivity index (χ4v) is 4.11. The Labute approximate surface area is 151 Å². The summed E-state index contributed by atoms with van der Waals surface area (Å²) >= 11 is 1.79. The number of hydrogen-bond donors (Lipinski definition) is 1. The number of carbonyl (C=O) groups excluding carboxylic acids is 1. The van der Waals surface area contributed by atoms with Crippen molar-refractivity contribution in [1.29, 1.82) is 0 Å². The first-order chi connectivity index (χ1) is 10.5. The van der Waals surface area contributed by atoms with E-state index in [1.54, 1.807) is 11.3 Å². The molecule has 132 valence electrons. The highest BCUT2D eigenvalue weighted by atomic mass is 35.5. The lowest BCUT2D eigenvalue weighted by Gasteiger charge is -2.31. The molecule has 0 spiro atoms. The lowest BCUT2D eigenvalue weighted by molar-refractivity contribution is -0.134. The first-order valence-corrected chi connectivity index (χ1v) is 9.34. The number of rotatable bonds is 6. The zero-order valence-corrected chi connectivity index (χ0v) is 16.4. The molecule has 0 aliphatic carbocycles. The van der Waals surface area contributed by atoms with Crippen LogP contribution in [-0.4, -0.2) is 29.9 Å². The first-order valence-electron chi connectivity index (χ1n) is 8.53. The van der Waals surface area contributed by atoms with Crippen LogP contribution in [0.15, 0.2) is 12.1 Å². The van der Waals surface area contributed by atoms with Gasteiger partial charge in [-0.15, -0.1) is 23.7 Å². The number of nitrogens with one attached hydrogen (secondary N) is 1. The van der Waals surface area contributed by atoms with Crippen molar-refractivity contribution in [1.82, 2.24) is 10.2 Å². The molecule has 0 bridgehead atoms. The monoisotopic (exact) mass is 358 g/mol. The van der Waals surface area contributed by atoms with Crippen molar-refractivity contribution in [2.24, 2.45) is 11.8 Å². The molecular formula is C18H31ClN2OS. The molecule has 2 heterocycles. The molecule has 1 fully saturated rings. The summed E-state index contributed by atoms with van der Waals surface area (Å²) in [5.41, 5.74) is 0. The van der Waals surface area contributed by atoms with Gasteiger partial charge in [-0.05, 0) is 70.7 Å². The molecule has 5 heteroatoms. The quantitative estimate of drug-likeness (QED) is 0.824. The second-order valence-electron chi connectivity index (χ2n) is 6.92. The summed E-state index contributed by atoms with van der Waals surface area (Å²) in [6, 6.07) is 4.54. The molecule has 1 aromatic rings. The second kappa shape index (κ2) is 9.65. The number of carbonyl (C=O) groups is 1. The number of hydrogen-bond acceptors (Lipinski definition) is 3. The maximum atomic E-state index is 12.8. The molecule has 0 radical (unpaired) electrons. The van der Waals surface area contributed by atoms with Gasteiger partial charge in [0.1, 0.15) is 0 Å². The van der Waals surface area contributed by atoms with Crippen LogP contribution in [0, 0.1) is 18.8 Å². The van der Waals surface area contributed by atoms with Gasteiger partial charge in [0.15, 0.2) is 0 Å². The molecule has 2 unspecified atom stereocenters. The van der Waals surface area contributed by atoms with E-state index >= 15 is 0 Å². The van der Waals surface area contributed by atoms with Crippen LogP contribution < -0.4 is 5.32 Å². The van der Waals surface area contributed by atoms with Crippen molar-refractivity contribution in [2.45, 2.75) is 59.5 Å². The lowest BCUT2D eigenvalue weighted by atomic mass is 9.85. The summed E-state index contributed by atoms with van der Waals surface area (Å²) in [4.78, 5) is 17.4. The molecule has 1 N–H and O–H groups in total. The standard InChI is InChI=1S/C18H30N2OS.ClH/c1-13(2)20(12-17-8-7-15(4)22-17)18(21)10-14(3)16-6-5-9-19-11-16;/h7-8,13-14,16,19H,5-6,9-12H2,1-4H3;1H. The molecule has 0 saturated carbocycles. The maximum Gasteiger partial charge on any atom is 0.223 e. The highest BCUT2D eigenvalue weighted by molar-refractivity contribution is 7.11. The smallest absolute Gasteiger partial charge is 0.223 e. The minimum absolute atomic E-state index is 0. The third kappa shape index (κ3) is 6.09. The van der Waals surface area contributed by atoms with Crippen molar-refractivity contribution in [3.8, 4) is 0 Å². The Morgan fingerprint density at radius 2 is 2.13 bits per heavy atom. The predicted molar refractivity (Wildman–Crippen MR) is 101 cm³/mol. The Kier molecular flexibility index (Phi) is 8.59. The molecule has 0 aromatic carbocycles. The van der Waals surface area contributed by atoms with Gasteiger partial charge in [0.2, 0.25) is 5.91 Å². The average Bonchev–Trinajstić information content (AvgIpc) is 2.90. The Balaban J connectivity index is 0.00000264. The molecule has 1 aliphatic heterocycles. The molecule has 3 nitrogen and oxygen atoms in total. The highest BCUT2D eigenvalue weighted by Crippen LogP contribution is 2.25. The van der Waals surface area contributed by atoms with E-state index in [0.29, 0.717) is 24.2 Å². The first kappa shape index (κ1) is 20.5. The van der Waals surface area contributed by atoms with E-state index in [-0.39, 0.29) is 18.4 Å². The molecular weight excluding hydrogens is 328 g/mol. The minimum Gasteiger partial charge on any atom is -0.335 e. The zero-order chi connectivity index (χ0) is 16.1. The number of halogens is 1. The van der Waals surface area contributed by atoms with Gasteiger partial charge in [0, 0.05) is 22.2 Å². The van der Waals surface area contributed by atoms with E-state index in [1.807, 2.05) is 4.90 Å². The Morgan fingerprint density at radius 1 is 1.39 bits per heavy atom. The highest BCUT2D eigenvalue weighted by Gasteiger charge is 2.25. The van der Waals surface area contributed by atoms with Crippen molar-refractivity contribution >= 4 is 29.7 Å². The zero-order valence-electron chi connectivity index (χ0n) is 14.8. The fraction of sp³-hybridized carbons (Fsp3) is 0.722. The van der Waals surface area contributed by atoms with Crippen molar-refractivity contribution in [3.63, 3.8) is 0 Å². The largest absolute Gasteiger partial charge is 0.335 e. The van der Waals surface area contributed by atoms with Gasteiger partial charge >= 0.3 is 0 Å². The summed E-state index contributed by atoms with van der Waals surface area (Å²) in [6.45, 7) is 11.5. The number of aryl methyl sites for hydroxylation is 1. The molecule has 1 aromatic heterocycles. The van der Waals surface area contributed by atoms with Crippen LogP contribution >= 0.6 is 23.7 Å². The van der Waals surface area contributed by atoms with E-state index in [1.165, 1.54) is 22.6 Å². The molecule has 23 heavy (non-hydrogen) atoms. The second-order valence-corrected chi connectivity index (χ2v) is 8.29. The summed E-state index contributed by atoms with van der Waals surface area (Å²) in [7, 11) is 0. The van der Waals surface area contributed by atoms with Crippen LogP contribution in [0.1, 0.15) is 49.8 Å². The molecule has 2 rings (SSSR count). The van der Waals surface area contributed by atoms with Gasteiger partial charge in [-0.1, -0.05) is 6.92 Å². The van der Waals surface area contributed by atoms with Crippen molar-refractivity contribution < 1.29 is 4.79 Å². The van der Waals surface area contributed by atoms with Crippen LogP contribution in [0.25, 0.3) is 0 Å². The third-order valence-electron chi connectivity index (χ3n) is 4.70. The van der Waals surface area contributed by atoms with Crippen LogP contribution in [0.4, 0.5) is 0 Å². The maximum absolute atomic E-state index is 12.8. The van der Waals surface area contributed by atoms with E-state index in [9.17, 15) is 4.79 Å². The third-order valence-corrected chi connectivity index (χ3v) is 5.69. The van der Waals surface area contributed by atoms with E-state index < -0.39 is 0 Å². The SMILES string of the molecule is Cc1ccc(CN(C(=O)CC(C)C2CCCNC2)C(C)C)s1.Cl. The average molecular weight is 359 g/mol. The van der Waals surface area contributed by atoms with E-state index in [2.05, 4.69) is 45.1 Å². The Morgan fingerprint density at radius 3 is 2.65 bits per heavy atom. The fourth-order valence-electron chi connectivity index (χ4n) is 3.22. The molecule has 1 saturated heterocycles. The lowest BCUT2D eigenvalue weighted by Crippen LogP contribution is -2.39. The normalized spacial score (nSPS) is 19.3. The topological polar surface area (TPSA) is 32.3 Å². The van der Waals surface area contributed by atoms with Crippen LogP contribution in [0.3, 0.4) is 0 Å². The van der Waals surface area contributed by atoms with Gasteiger partial charge in [-0.25, -0.2) is 0 Å². The van der Waals surface area contributed by atoms with Crippen LogP contribution in [0.2, 0.25) is 0 Å². The van der Waals surface area contributed by atoms with Gasteiger partial charge in [0.05, 0.1) is 6.54 Å². The molecule has 1 amide bonds. The Bertz CT molecular complexity index is 483. The van der Waals surface area contributed by atoms with E-state index in [0.717, 1.165) is 19.6 Å². The Hall–Kier alpha value is -0.580. The molecule has 2 atom stereocenters. The molecule has 1 aliphatic rings. The number of piperidine rings is 1. The van der Waals surface area contributed by atoms with Crippen LogP contribution in [0.5, 0.6) is 0 Å². The van der Waals surface area contributed by atoms with Gasteiger partial charge in [-0.2, -0.15) is 0 Å². The van der Waals surface area contributed by atoms with Gasteiger partial charge < -0.3 is 10.2 Å². The number of amides is 1. The van der Waals surface area contributed by atoms with Gasteiger partial charge in [-0.3, -0.25) is 4.79 Å².